The second-order valence-electron chi connectivity index (χ2n) is 4.32. The number of hydrogen-bond acceptors (Lipinski definition) is 4. The van der Waals surface area contributed by atoms with Gasteiger partial charge in [-0.05, 0) is 47.1 Å². The molecule has 0 saturated heterocycles. The van der Waals surface area contributed by atoms with E-state index in [1.54, 1.807) is 36.4 Å². The largest absolute Gasteiger partial charge is 0.467 e. The lowest BCUT2D eigenvalue weighted by molar-refractivity contribution is -0.129. The highest BCUT2D eigenvalue weighted by atomic mass is 79.9. The van der Waals surface area contributed by atoms with E-state index in [0.29, 0.717) is 15.8 Å². The molecule has 110 valence electrons. The van der Waals surface area contributed by atoms with Crippen molar-refractivity contribution in [2.45, 2.75) is 19.6 Å². The van der Waals surface area contributed by atoms with Gasteiger partial charge in [-0.1, -0.05) is 12.1 Å². The third-order valence-corrected chi connectivity index (χ3v) is 3.46. The van der Waals surface area contributed by atoms with Crippen LogP contribution in [0.4, 0.5) is 0 Å². The van der Waals surface area contributed by atoms with E-state index in [9.17, 15) is 9.59 Å². The second-order valence-corrected chi connectivity index (χ2v) is 5.18. The van der Waals surface area contributed by atoms with Gasteiger partial charge < -0.3 is 14.5 Å². The summed E-state index contributed by atoms with van der Waals surface area (Å²) in [5.74, 6) is -0.303. The third kappa shape index (κ3) is 4.19. The first-order chi connectivity index (χ1) is 10.1. The molecule has 1 amide bonds. The molecule has 5 nitrogen and oxygen atoms in total. The minimum Gasteiger partial charge on any atom is -0.467 e. The van der Waals surface area contributed by atoms with E-state index >= 15 is 0 Å². The number of esters is 1. The van der Waals surface area contributed by atoms with Gasteiger partial charge in [0.25, 0.3) is 5.91 Å². The summed E-state index contributed by atoms with van der Waals surface area (Å²) < 4.78 is 10.9. The first kappa shape index (κ1) is 15.3. The normalized spacial score (nSPS) is 11.7. The van der Waals surface area contributed by atoms with E-state index in [1.807, 2.05) is 0 Å². The molecule has 6 heteroatoms. The fourth-order valence-corrected chi connectivity index (χ4v) is 2.08. The van der Waals surface area contributed by atoms with Gasteiger partial charge in [0, 0.05) is 4.47 Å². The molecule has 0 bridgehead atoms. The highest BCUT2D eigenvalue weighted by Gasteiger charge is 2.20. The molecule has 1 aromatic heterocycles. The Morgan fingerprint density at radius 2 is 2.05 bits per heavy atom. The van der Waals surface area contributed by atoms with Gasteiger partial charge in [-0.25, -0.2) is 4.79 Å². The van der Waals surface area contributed by atoms with Crippen LogP contribution in [0.25, 0.3) is 0 Å². The first-order valence-electron chi connectivity index (χ1n) is 6.33. The highest BCUT2D eigenvalue weighted by Crippen LogP contribution is 2.17. The van der Waals surface area contributed by atoms with Crippen LogP contribution >= 0.6 is 15.9 Å². The Hall–Kier alpha value is -2.08. The van der Waals surface area contributed by atoms with E-state index in [0.717, 1.165) is 0 Å². The summed E-state index contributed by atoms with van der Waals surface area (Å²) in [6, 6.07) is 10.4. The van der Waals surface area contributed by atoms with Gasteiger partial charge in [0.15, 0.2) is 6.10 Å². The second kappa shape index (κ2) is 7.08. The molecule has 1 aromatic carbocycles. The molecule has 21 heavy (non-hydrogen) atoms. The third-order valence-electron chi connectivity index (χ3n) is 2.76. The molecule has 1 N–H and O–H groups in total. The van der Waals surface area contributed by atoms with Crippen molar-refractivity contribution in [1.82, 2.24) is 5.32 Å². The maximum Gasteiger partial charge on any atom is 0.340 e. The van der Waals surface area contributed by atoms with Crippen LogP contribution in [-0.4, -0.2) is 18.0 Å². The van der Waals surface area contributed by atoms with Crippen LogP contribution < -0.4 is 5.32 Å². The Labute approximate surface area is 130 Å². The van der Waals surface area contributed by atoms with Crippen LogP contribution in [0.1, 0.15) is 23.0 Å². The van der Waals surface area contributed by atoms with Crippen molar-refractivity contribution in [1.29, 1.82) is 0 Å². The fourth-order valence-electron chi connectivity index (χ4n) is 1.64. The summed E-state index contributed by atoms with van der Waals surface area (Å²) in [6.07, 6.45) is 0.636. The van der Waals surface area contributed by atoms with Crippen molar-refractivity contribution < 1.29 is 18.7 Å². The van der Waals surface area contributed by atoms with Crippen molar-refractivity contribution >= 4 is 27.8 Å². The molecule has 0 aliphatic rings. The maximum absolute atomic E-state index is 12.0. The number of ether oxygens (including phenoxy) is 1. The molecule has 0 radical (unpaired) electrons. The standard InChI is InChI=1S/C15H14BrNO4/c1-10(14(18)17-9-11-5-4-8-20-11)21-15(19)12-6-2-3-7-13(12)16/h2-8,10H,9H2,1H3,(H,17,18)/t10-/m0/s1. The molecule has 0 aliphatic heterocycles. The zero-order valence-electron chi connectivity index (χ0n) is 11.3. The molecule has 1 heterocycles. The number of rotatable bonds is 5. The van der Waals surface area contributed by atoms with E-state index in [1.165, 1.54) is 13.2 Å². The molecular weight excluding hydrogens is 338 g/mol. The van der Waals surface area contributed by atoms with Crippen LogP contribution in [0.2, 0.25) is 0 Å². The molecular formula is C15H14BrNO4. The number of nitrogens with one attached hydrogen (secondary N) is 1. The molecule has 0 aliphatic carbocycles. The average molecular weight is 352 g/mol. The van der Waals surface area contributed by atoms with Gasteiger partial charge in [-0.3, -0.25) is 4.79 Å². The number of benzene rings is 1. The fraction of sp³-hybridized carbons (Fsp3) is 0.200. The lowest BCUT2D eigenvalue weighted by atomic mass is 10.2. The van der Waals surface area contributed by atoms with Crippen LogP contribution in [0.3, 0.4) is 0 Å². The van der Waals surface area contributed by atoms with Gasteiger partial charge in [-0.15, -0.1) is 0 Å². The Balaban J connectivity index is 1.88. The van der Waals surface area contributed by atoms with Gasteiger partial charge >= 0.3 is 5.97 Å². The van der Waals surface area contributed by atoms with E-state index in [-0.39, 0.29) is 12.5 Å². The summed E-state index contributed by atoms with van der Waals surface area (Å²) in [5.41, 5.74) is 0.378. The van der Waals surface area contributed by atoms with Gasteiger partial charge in [-0.2, -0.15) is 0 Å². The summed E-state index contributed by atoms with van der Waals surface area (Å²) >= 11 is 3.27. The number of carbonyl (C=O) groups excluding carboxylic acids is 2. The zero-order valence-corrected chi connectivity index (χ0v) is 12.9. The minimum absolute atomic E-state index is 0.253. The molecule has 1 atom stereocenters. The monoisotopic (exact) mass is 351 g/mol. The SMILES string of the molecule is C[C@H](OC(=O)c1ccccc1Br)C(=O)NCc1ccco1. The smallest absolute Gasteiger partial charge is 0.340 e. The van der Waals surface area contributed by atoms with Crippen LogP contribution in [0.5, 0.6) is 0 Å². The van der Waals surface area contributed by atoms with Crippen molar-refractivity contribution in [3.8, 4) is 0 Å². The Bertz CT molecular complexity index is 624. The lowest BCUT2D eigenvalue weighted by Gasteiger charge is -2.13. The molecule has 2 aromatic rings. The van der Waals surface area contributed by atoms with Crippen molar-refractivity contribution in [2.24, 2.45) is 0 Å². The summed E-state index contributed by atoms with van der Waals surface area (Å²) in [4.78, 5) is 23.8. The van der Waals surface area contributed by atoms with Gasteiger partial charge in [0.1, 0.15) is 5.76 Å². The quantitative estimate of drug-likeness (QED) is 0.841. The van der Waals surface area contributed by atoms with Crippen molar-refractivity contribution in [3.63, 3.8) is 0 Å². The maximum atomic E-state index is 12.0. The van der Waals surface area contributed by atoms with Gasteiger partial charge in [0.05, 0.1) is 18.4 Å². The number of hydrogen-bond donors (Lipinski definition) is 1. The van der Waals surface area contributed by atoms with Crippen LogP contribution in [-0.2, 0) is 16.1 Å². The Morgan fingerprint density at radius 1 is 1.29 bits per heavy atom. The van der Waals surface area contributed by atoms with Crippen molar-refractivity contribution in [3.05, 3.63) is 58.5 Å². The average Bonchev–Trinajstić information content (AvgIpc) is 2.98. The number of halogens is 1. The van der Waals surface area contributed by atoms with Crippen LogP contribution in [0, 0.1) is 0 Å². The Morgan fingerprint density at radius 3 is 2.71 bits per heavy atom. The lowest BCUT2D eigenvalue weighted by Crippen LogP contribution is -2.35. The highest BCUT2D eigenvalue weighted by molar-refractivity contribution is 9.10. The number of carbonyl (C=O) groups is 2. The Kier molecular flexibility index (Phi) is 5.16. The molecule has 0 unspecified atom stereocenters. The molecule has 0 saturated carbocycles. The molecule has 0 fully saturated rings. The summed E-state index contributed by atoms with van der Waals surface area (Å²) in [7, 11) is 0. The van der Waals surface area contributed by atoms with E-state index < -0.39 is 12.1 Å². The first-order valence-corrected chi connectivity index (χ1v) is 7.13. The molecule has 0 spiro atoms. The molecule has 2 rings (SSSR count). The van der Waals surface area contributed by atoms with Crippen LogP contribution in [0.15, 0.2) is 51.6 Å². The number of amides is 1. The minimum atomic E-state index is -0.889. The summed E-state index contributed by atoms with van der Waals surface area (Å²) in [6.45, 7) is 1.77. The topological polar surface area (TPSA) is 68.5 Å². The predicted octanol–water partition coefficient (Wildman–Crippen LogP) is 2.90. The van der Waals surface area contributed by atoms with E-state index in [4.69, 9.17) is 9.15 Å². The summed E-state index contributed by atoms with van der Waals surface area (Å²) in [5, 5.41) is 2.63. The van der Waals surface area contributed by atoms with Gasteiger partial charge in [0.2, 0.25) is 0 Å². The predicted molar refractivity (Wildman–Crippen MR) is 79.6 cm³/mol. The van der Waals surface area contributed by atoms with E-state index in [2.05, 4.69) is 21.2 Å². The van der Waals surface area contributed by atoms with Crippen molar-refractivity contribution in [2.75, 3.05) is 0 Å². The number of furan rings is 1. The zero-order chi connectivity index (χ0) is 15.2.